The SMILES string of the molecule is CC(c1ccccc1Cl)N(C)Cc1ccccc1CN. The summed E-state index contributed by atoms with van der Waals surface area (Å²) in [6, 6.07) is 16.6. The van der Waals surface area contributed by atoms with Crippen LogP contribution in [0.1, 0.15) is 29.7 Å². The Balaban J connectivity index is 2.16. The fraction of sp³-hybridized carbons (Fsp3) is 0.294. The molecule has 2 aromatic rings. The Kier molecular flexibility index (Phi) is 5.18. The third kappa shape index (κ3) is 3.40. The minimum atomic E-state index is 0.259. The Bertz CT molecular complexity index is 568. The summed E-state index contributed by atoms with van der Waals surface area (Å²) in [4.78, 5) is 2.29. The number of halogens is 1. The Morgan fingerprint density at radius 2 is 1.65 bits per heavy atom. The maximum Gasteiger partial charge on any atom is 0.0453 e. The molecule has 0 fully saturated rings. The van der Waals surface area contributed by atoms with Crippen LogP contribution in [0.15, 0.2) is 48.5 Å². The first-order valence-corrected chi connectivity index (χ1v) is 7.22. The third-order valence-corrected chi connectivity index (χ3v) is 4.12. The van der Waals surface area contributed by atoms with Gasteiger partial charge in [-0.15, -0.1) is 0 Å². The Hall–Kier alpha value is -1.35. The number of rotatable bonds is 5. The Morgan fingerprint density at radius 1 is 1.05 bits per heavy atom. The van der Waals surface area contributed by atoms with E-state index in [4.69, 9.17) is 17.3 Å². The smallest absolute Gasteiger partial charge is 0.0453 e. The van der Waals surface area contributed by atoms with Gasteiger partial charge in [-0.3, -0.25) is 4.90 Å². The first-order chi connectivity index (χ1) is 9.63. The van der Waals surface area contributed by atoms with Gasteiger partial charge in [0.15, 0.2) is 0 Å². The molecule has 0 radical (unpaired) electrons. The van der Waals surface area contributed by atoms with Gasteiger partial charge in [0.1, 0.15) is 0 Å². The molecule has 20 heavy (non-hydrogen) atoms. The summed E-state index contributed by atoms with van der Waals surface area (Å²) in [6.07, 6.45) is 0. The van der Waals surface area contributed by atoms with Crippen LogP contribution >= 0.6 is 11.6 Å². The van der Waals surface area contributed by atoms with E-state index in [1.165, 1.54) is 11.1 Å². The van der Waals surface area contributed by atoms with Gasteiger partial charge in [-0.05, 0) is 36.7 Å². The minimum absolute atomic E-state index is 0.259. The molecule has 0 aliphatic carbocycles. The van der Waals surface area contributed by atoms with E-state index >= 15 is 0 Å². The number of hydrogen-bond donors (Lipinski definition) is 1. The van der Waals surface area contributed by atoms with E-state index in [0.717, 1.165) is 17.1 Å². The van der Waals surface area contributed by atoms with E-state index in [2.05, 4.69) is 43.1 Å². The summed E-state index contributed by atoms with van der Waals surface area (Å²) < 4.78 is 0. The molecule has 0 aliphatic heterocycles. The van der Waals surface area contributed by atoms with Gasteiger partial charge in [-0.25, -0.2) is 0 Å². The van der Waals surface area contributed by atoms with Crippen molar-refractivity contribution in [2.45, 2.75) is 26.1 Å². The van der Waals surface area contributed by atoms with Crippen LogP contribution in [0.25, 0.3) is 0 Å². The molecular weight excluding hydrogens is 268 g/mol. The lowest BCUT2D eigenvalue weighted by atomic mass is 10.0. The maximum absolute atomic E-state index is 6.28. The van der Waals surface area contributed by atoms with Crippen molar-refractivity contribution < 1.29 is 0 Å². The van der Waals surface area contributed by atoms with Gasteiger partial charge in [-0.1, -0.05) is 54.1 Å². The second kappa shape index (κ2) is 6.89. The first-order valence-electron chi connectivity index (χ1n) is 6.85. The highest BCUT2D eigenvalue weighted by Crippen LogP contribution is 2.27. The van der Waals surface area contributed by atoms with Crippen molar-refractivity contribution in [3.8, 4) is 0 Å². The van der Waals surface area contributed by atoms with Crippen molar-refractivity contribution in [3.05, 3.63) is 70.2 Å². The summed E-state index contributed by atoms with van der Waals surface area (Å²) >= 11 is 6.28. The molecule has 2 N–H and O–H groups in total. The number of nitrogens with zero attached hydrogens (tertiary/aromatic N) is 1. The fourth-order valence-corrected chi connectivity index (χ4v) is 2.66. The molecule has 0 heterocycles. The normalized spacial score (nSPS) is 12.7. The van der Waals surface area contributed by atoms with Gasteiger partial charge in [0.05, 0.1) is 0 Å². The van der Waals surface area contributed by atoms with Crippen molar-refractivity contribution >= 4 is 11.6 Å². The molecule has 0 bridgehead atoms. The van der Waals surface area contributed by atoms with E-state index in [1.807, 2.05) is 24.3 Å². The van der Waals surface area contributed by atoms with Crippen molar-refractivity contribution in [2.75, 3.05) is 7.05 Å². The molecule has 0 saturated carbocycles. The van der Waals surface area contributed by atoms with Gasteiger partial charge in [-0.2, -0.15) is 0 Å². The van der Waals surface area contributed by atoms with Crippen molar-refractivity contribution in [1.29, 1.82) is 0 Å². The summed E-state index contributed by atoms with van der Waals surface area (Å²) in [5, 5.41) is 0.818. The highest BCUT2D eigenvalue weighted by molar-refractivity contribution is 6.31. The molecule has 0 saturated heterocycles. The van der Waals surface area contributed by atoms with Crippen LogP contribution in [-0.2, 0) is 13.1 Å². The van der Waals surface area contributed by atoms with Crippen molar-refractivity contribution in [1.82, 2.24) is 4.90 Å². The molecule has 0 spiro atoms. The molecule has 3 heteroatoms. The van der Waals surface area contributed by atoms with E-state index in [1.54, 1.807) is 0 Å². The largest absolute Gasteiger partial charge is 0.326 e. The van der Waals surface area contributed by atoms with Crippen LogP contribution in [-0.4, -0.2) is 11.9 Å². The van der Waals surface area contributed by atoms with Gasteiger partial charge in [0, 0.05) is 24.2 Å². The molecule has 2 nitrogen and oxygen atoms in total. The van der Waals surface area contributed by atoms with Gasteiger partial charge < -0.3 is 5.73 Å². The zero-order chi connectivity index (χ0) is 14.5. The maximum atomic E-state index is 6.28. The molecule has 0 aliphatic rings. The van der Waals surface area contributed by atoms with Crippen LogP contribution in [0.5, 0.6) is 0 Å². The van der Waals surface area contributed by atoms with Crippen LogP contribution in [0.2, 0.25) is 5.02 Å². The second-order valence-corrected chi connectivity index (χ2v) is 5.49. The predicted octanol–water partition coefficient (Wildman–Crippen LogP) is 3.99. The van der Waals surface area contributed by atoms with Gasteiger partial charge >= 0.3 is 0 Å². The molecule has 0 amide bonds. The van der Waals surface area contributed by atoms with Crippen molar-refractivity contribution in [3.63, 3.8) is 0 Å². The third-order valence-electron chi connectivity index (χ3n) is 3.77. The van der Waals surface area contributed by atoms with Gasteiger partial charge in [0.25, 0.3) is 0 Å². The predicted molar refractivity (Wildman–Crippen MR) is 85.7 cm³/mol. The fourth-order valence-electron chi connectivity index (χ4n) is 2.37. The monoisotopic (exact) mass is 288 g/mol. The molecule has 0 aromatic heterocycles. The minimum Gasteiger partial charge on any atom is -0.326 e. The summed E-state index contributed by atoms with van der Waals surface area (Å²) in [5.41, 5.74) is 9.43. The Morgan fingerprint density at radius 3 is 2.30 bits per heavy atom. The average molecular weight is 289 g/mol. The van der Waals surface area contributed by atoms with Crippen LogP contribution < -0.4 is 5.73 Å². The van der Waals surface area contributed by atoms with E-state index in [9.17, 15) is 0 Å². The number of hydrogen-bond acceptors (Lipinski definition) is 2. The average Bonchev–Trinajstić information content (AvgIpc) is 2.47. The molecule has 1 unspecified atom stereocenters. The molecular formula is C17H21ClN2. The molecule has 1 atom stereocenters. The van der Waals surface area contributed by atoms with Crippen molar-refractivity contribution in [2.24, 2.45) is 5.73 Å². The van der Waals surface area contributed by atoms with E-state index in [0.29, 0.717) is 6.54 Å². The lowest BCUT2D eigenvalue weighted by Gasteiger charge is -2.26. The van der Waals surface area contributed by atoms with Crippen LogP contribution in [0, 0.1) is 0 Å². The van der Waals surface area contributed by atoms with Crippen LogP contribution in [0.3, 0.4) is 0 Å². The standard InChI is InChI=1S/C17H21ClN2/c1-13(16-9-5-6-10-17(16)18)20(2)12-15-8-4-3-7-14(15)11-19/h3-10,13H,11-12,19H2,1-2H3. The van der Waals surface area contributed by atoms with E-state index in [-0.39, 0.29) is 6.04 Å². The highest BCUT2D eigenvalue weighted by Gasteiger charge is 2.15. The second-order valence-electron chi connectivity index (χ2n) is 5.09. The van der Waals surface area contributed by atoms with E-state index < -0.39 is 0 Å². The first kappa shape index (κ1) is 15.0. The zero-order valence-corrected chi connectivity index (χ0v) is 12.8. The highest BCUT2D eigenvalue weighted by atomic mass is 35.5. The number of nitrogens with two attached hydrogens (primary N) is 1. The molecule has 2 aromatic carbocycles. The zero-order valence-electron chi connectivity index (χ0n) is 12.0. The lowest BCUT2D eigenvalue weighted by molar-refractivity contribution is 0.252. The Labute approximate surface area is 126 Å². The summed E-state index contributed by atoms with van der Waals surface area (Å²) in [6.45, 7) is 3.61. The van der Waals surface area contributed by atoms with Gasteiger partial charge in [0.2, 0.25) is 0 Å². The van der Waals surface area contributed by atoms with Crippen LogP contribution in [0.4, 0.5) is 0 Å². The number of benzene rings is 2. The summed E-state index contributed by atoms with van der Waals surface area (Å²) in [5.74, 6) is 0. The summed E-state index contributed by atoms with van der Waals surface area (Å²) in [7, 11) is 2.11. The topological polar surface area (TPSA) is 29.3 Å². The molecule has 2 rings (SSSR count). The lowest BCUT2D eigenvalue weighted by Crippen LogP contribution is -2.23. The quantitative estimate of drug-likeness (QED) is 0.901. The molecule has 106 valence electrons.